The van der Waals surface area contributed by atoms with Gasteiger partial charge in [-0.1, -0.05) is 0 Å². The molecule has 0 bridgehead atoms. The van der Waals surface area contributed by atoms with Crippen molar-refractivity contribution < 1.29 is 13.2 Å². The molecule has 8 heteroatoms. The zero-order valence-corrected chi connectivity index (χ0v) is 13.1. The molecule has 2 saturated carbocycles. The Balaban J connectivity index is 1.33. The lowest BCUT2D eigenvalue weighted by Crippen LogP contribution is -2.52. The van der Waals surface area contributed by atoms with Gasteiger partial charge in [0.25, 0.3) is 5.91 Å². The van der Waals surface area contributed by atoms with Gasteiger partial charge in [-0.25, -0.2) is 13.1 Å². The molecule has 120 valence electrons. The molecule has 1 amide bonds. The second kappa shape index (κ2) is 4.79. The van der Waals surface area contributed by atoms with Crippen molar-refractivity contribution in [2.75, 3.05) is 13.1 Å². The molecule has 0 atom stereocenters. The van der Waals surface area contributed by atoms with Crippen LogP contribution in [0.3, 0.4) is 0 Å². The standard InChI is InChI=1S/C14H20N4O3S/c19-13(12-3-5-15-16-12)18-6-4-14(9-18)7-10(8-14)17-22(20,21)11-1-2-11/h3,5,10-11,17H,1-2,4,6-9H2,(H,15,16). The minimum atomic E-state index is -3.10. The van der Waals surface area contributed by atoms with Crippen LogP contribution in [0.1, 0.15) is 42.6 Å². The summed E-state index contributed by atoms with van der Waals surface area (Å²) >= 11 is 0. The Kier molecular flexibility index (Phi) is 3.09. The monoisotopic (exact) mass is 324 g/mol. The van der Waals surface area contributed by atoms with Crippen molar-refractivity contribution in [1.82, 2.24) is 19.8 Å². The molecule has 0 aromatic carbocycles. The van der Waals surface area contributed by atoms with Gasteiger partial charge in [-0.2, -0.15) is 5.10 Å². The van der Waals surface area contributed by atoms with Crippen LogP contribution in [0, 0.1) is 5.41 Å². The smallest absolute Gasteiger partial charge is 0.271 e. The fraction of sp³-hybridized carbons (Fsp3) is 0.714. The van der Waals surface area contributed by atoms with Crippen molar-refractivity contribution in [3.8, 4) is 0 Å². The third-order valence-corrected chi connectivity index (χ3v) is 7.12. The van der Waals surface area contributed by atoms with Gasteiger partial charge in [0.05, 0.1) is 5.25 Å². The number of likely N-dealkylation sites (tertiary alicyclic amines) is 1. The summed E-state index contributed by atoms with van der Waals surface area (Å²) in [5.74, 6) is -0.0172. The number of hydrogen-bond donors (Lipinski definition) is 2. The molecular weight excluding hydrogens is 304 g/mol. The van der Waals surface area contributed by atoms with Crippen molar-refractivity contribution in [2.45, 2.75) is 43.4 Å². The number of carbonyl (C=O) groups is 1. The fourth-order valence-corrected chi connectivity index (χ4v) is 5.34. The summed E-state index contributed by atoms with van der Waals surface area (Å²) in [5.41, 5.74) is 0.620. The first kappa shape index (κ1) is 14.2. The Hall–Kier alpha value is -1.41. The average Bonchev–Trinajstić information content (AvgIpc) is 3.00. The maximum absolute atomic E-state index is 12.3. The summed E-state index contributed by atoms with van der Waals surface area (Å²) in [6, 6.07) is 1.73. The molecule has 1 saturated heterocycles. The molecule has 1 spiro atoms. The van der Waals surface area contributed by atoms with E-state index in [-0.39, 0.29) is 22.6 Å². The highest BCUT2D eigenvalue weighted by molar-refractivity contribution is 7.90. The fourth-order valence-electron chi connectivity index (χ4n) is 3.76. The second-order valence-corrected chi connectivity index (χ2v) is 8.91. The van der Waals surface area contributed by atoms with E-state index in [1.807, 2.05) is 4.90 Å². The maximum atomic E-state index is 12.3. The number of hydrogen-bond acceptors (Lipinski definition) is 4. The lowest BCUT2D eigenvalue weighted by Gasteiger charge is -2.45. The molecule has 0 unspecified atom stereocenters. The zero-order chi connectivity index (χ0) is 15.4. The number of nitrogens with one attached hydrogen (secondary N) is 2. The molecule has 22 heavy (non-hydrogen) atoms. The lowest BCUT2D eigenvalue weighted by atomic mass is 9.65. The van der Waals surface area contributed by atoms with E-state index in [2.05, 4.69) is 14.9 Å². The highest BCUT2D eigenvalue weighted by Gasteiger charge is 2.51. The summed E-state index contributed by atoms with van der Waals surface area (Å²) in [7, 11) is -3.10. The molecule has 0 radical (unpaired) electrons. The van der Waals surface area contributed by atoms with Gasteiger partial charge in [-0.15, -0.1) is 0 Å². The number of H-pyrrole nitrogens is 1. The van der Waals surface area contributed by atoms with Crippen LogP contribution in [0.25, 0.3) is 0 Å². The predicted octanol–water partition coefficient (Wildman–Crippen LogP) is 0.486. The minimum absolute atomic E-state index is 0.0172. The van der Waals surface area contributed by atoms with Crippen molar-refractivity contribution >= 4 is 15.9 Å². The molecule has 1 aromatic rings. The summed E-state index contributed by atoms with van der Waals surface area (Å²) in [6.45, 7) is 1.45. The van der Waals surface area contributed by atoms with Gasteiger partial charge in [0.15, 0.2) is 0 Å². The topological polar surface area (TPSA) is 95.2 Å². The van der Waals surface area contributed by atoms with Gasteiger partial charge in [0.1, 0.15) is 5.69 Å². The summed E-state index contributed by atoms with van der Waals surface area (Å²) < 4.78 is 26.7. The van der Waals surface area contributed by atoms with Gasteiger partial charge >= 0.3 is 0 Å². The number of rotatable bonds is 4. The van der Waals surface area contributed by atoms with Gasteiger partial charge < -0.3 is 4.90 Å². The van der Waals surface area contributed by atoms with Crippen molar-refractivity contribution in [3.63, 3.8) is 0 Å². The molecule has 3 fully saturated rings. The van der Waals surface area contributed by atoms with Crippen LogP contribution in [0.4, 0.5) is 0 Å². The minimum Gasteiger partial charge on any atom is -0.337 e. The Bertz CT molecular complexity index is 675. The first-order chi connectivity index (χ1) is 10.5. The van der Waals surface area contributed by atoms with Gasteiger partial charge in [-0.3, -0.25) is 9.89 Å². The molecular formula is C14H20N4O3S. The van der Waals surface area contributed by atoms with Crippen LogP contribution in [0.15, 0.2) is 12.3 Å². The number of aromatic amines is 1. The van der Waals surface area contributed by atoms with Crippen LogP contribution >= 0.6 is 0 Å². The van der Waals surface area contributed by atoms with E-state index in [0.29, 0.717) is 12.2 Å². The summed E-state index contributed by atoms with van der Waals surface area (Å²) in [4.78, 5) is 14.1. The van der Waals surface area contributed by atoms with E-state index in [9.17, 15) is 13.2 Å². The largest absolute Gasteiger partial charge is 0.337 e. The predicted molar refractivity (Wildman–Crippen MR) is 79.6 cm³/mol. The summed E-state index contributed by atoms with van der Waals surface area (Å²) in [6.07, 6.45) is 5.79. The van der Waals surface area contributed by atoms with E-state index in [4.69, 9.17) is 0 Å². The van der Waals surface area contributed by atoms with Gasteiger partial charge in [0, 0.05) is 25.3 Å². The van der Waals surface area contributed by atoms with Crippen LogP contribution in [0.5, 0.6) is 0 Å². The molecule has 3 aliphatic rings. The number of sulfonamides is 1. The van der Waals surface area contributed by atoms with Crippen LogP contribution in [-0.2, 0) is 10.0 Å². The Morgan fingerprint density at radius 2 is 2.18 bits per heavy atom. The SMILES string of the molecule is O=C(c1ccn[nH]1)N1CCC2(CC(NS(=O)(=O)C3CC3)C2)C1. The Morgan fingerprint density at radius 3 is 2.82 bits per heavy atom. The second-order valence-electron chi connectivity index (χ2n) is 6.91. The van der Waals surface area contributed by atoms with E-state index < -0.39 is 10.0 Å². The molecule has 2 aliphatic carbocycles. The third kappa shape index (κ3) is 2.44. The van der Waals surface area contributed by atoms with E-state index >= 15 is 0 Å². The first-order valence-corrected chi connectivity index (χ1v) is 9.32. The highest BCUT2D eigenvalue weighted by Crippen LogP contribution is 2.49. The van der Waals surface area contributed by atoms with E-state index in [1.165, 1.54) is 0 Å². The highest BCUT2D eigenvalue weighted by atomic mass is 32.2. The molecule has 1 aliphatic heterocycles. The Morgan fingerprint density at radius 1 is 1.41 bits per heavy atom. The van der Waals surface area contributed by atoms with Crippen molar-refractivity contribution in [3.05, 3.63) is 18.0 Å². The summed E-state index contributed by atoms with van der Waals surface area (Å²) in [5, 5.41) is 6.35. The quantitative estimate of drug-likeness (QED) is 0.842. The third-order valence-electron chi connectivity index (χ3n) is 5.11. The van der Waals surface area contributed by atoms with Crippen molar-refractivity contribution in [2.24, 2.45) is 5.41 Å². The van der Waals surface area contributed by atoms with Crippen LogP contribution in [0.2, 0.25) is 0 Å². The molecule has 4 rings (SSSR count). The average molecular weight is 324 g/mol. The van der Waals surface area contributed by atoms with E-state index in [1.54, 1.807) is 12.3 Å². The Labute approximate surface area is 129 Å². The van der Waals surface area contributed by atoms with E-state index in [0.717, 1.165) is 38.6 Å². The molecule has 2 heterocycles. The number of amides is 1. The molecule has 2 N–H and O–H groups in total. The normalized spacial score (nSPS) is 31.5. The maximum Gasteiger partial charge on any atom is 0.271 e. The van der Waals surface area contributed by atoms with Crippen molar-refractivity contribution in [1.29, 1.82) is 0 Å². The van der Waals surface area contributed by atoms with Gasteiger partial charge in [0.2, 0.25) is 10.0 Å². The van der Waals surface area contributed by atoms with Crippen LogP contribution in [-0.4, -0.2) is 53.8 Å². The lowest BCUT2D eigenvalue weighted by molar-refractivity contribution is 0.0683. The number of nitrogens with zero attached hydrogens (tertiary/aromatic N) is 2. The van der Waals surface area contributed by atoms with Gasteiger partial charge in [-0.05, 0) is 43.6 Å². The first-order valence-electron chi connectivity index (χ1n) is 7.77. The number of aromatic nitrogens is 2. The van der Waals surface area contributed by atoms with Crippen LogP contribution < -0.4 is 4.72 Å². The molecule has 7 nitrogen and oxygen atoms in total. The zero-order valence-electron chi connectivity index (χ0n) is 12.3. The molecule has 1 aromatic heterocycles. The number of carbonyl (C=O) groups excluding carboxylic acids is 1.